The van der Waals surface area contributed by atoms with E-state index >= 15 is 0 Å². The second-order valence-corrected chi connectivity index (χ2v) is 6.25. The third-order valence-electron chi connectivity index (χ3n) is 4.19. The average Bonchev–Trinajstić information content (AvgIpc) is 2.67. The molecular weight excluding hydrogens is 404 g/mol. The maximum Gasteiger partial charge on any atom is 0.416 e. The predicted octanol–water partition coefficient (Wildman–Crippen LogP) is 4.21. The Morgan fingerprint density at radius 1 is 0.966 bits per heavy atom. The topological polar surface area (TPSA) is 54.5 Å². The number of hydrogen-bond donors (Lipinski definition) is 1. The molecule has 0 atom stereocenters. The van der Waals surface area contributed by atoms with Crippen molar-refractivity contribution >= 4 is 17.4 Å². The van der Waals surface area contributed by atoms with Crippen LogP contribution in [0, 0.1) is 0 Å². The normalized spacial score (nSPS) is 15.3. The lowest BCUT2D eigenvalue weighted by Crippen LogP contribution is -2.36. The number of carbonyl (C=O) groups is 1. The van der Waals surface area contributed by atoms with E-state index in [1.54, 1.807) is 6.07 Å². The molecule has 0 bridgehead atoms. The second-order valence-electron chi connectivity index (χ2n) is 6.25. The first-order chi connectivity index (χ1) is 13.5. The smallest absolute Gasteiger partial charge is 0.378 e. The first kappa shape index (κ1) is 20.9. The number of aromatic nitrogens is 1. The Hall–Kier alpha value is -2.82. The van der Waals surface area contributed by atoms with E-state index in [1.807, 2.05) is 4.90 Å². The van der Waals surface area contributed by atoms with Crippen LogP contribution >= 0.6 is 0 Å². The van der Waals surface area contributed by atoms with Crippen LogP contribution < -0.4 is 10.2 Å². The Morgan fingerprint density at radius 2 is 1.55 bits per heavy atom. The van der Waals surface area contributed by atoms with E-state index in [-0.39, 0.29) is 11.8 Å². The van der Waals surface area contributed by atoms with Gasteiger partial charge in [-0.2, -0.15) is 26.3 Å². The first-order valence-electron chi connectivity index (χ1n) is 8.43. The van der Waals surface area contributed by atoms with Gasteiger partial charge in [0.15, 0.2) is 0 Å². The molecule has 1 fully saturated rings. The van der Waals surface area contributed by atoms with Crippen LogP contribution in [0.25, 0.3) is 0 Å². The SMILES string of the molecule is O=C(Nc1ccc(N2CCOCC2)nc1)c1cc(C(F)(F)F)cc(C(F)(F)F)c1. The van der Waals surface area contributed by atoms with Gasteiger partial charge in [-0.05, 0) is 30.3 Å². The van der Waals surface area contributed by atoms with Crippen LogP contribution in [0.5, 0.6) is 0 Å². The maximum atomic E-state index is 12.9. The van der Waals surface area contributed by atoms with Crippen LogP contribution in [-0.2, 0) is 17.1 Å². The van der Waals surface area contributed by atoms with E-state index in [0.29, 0.717) is 44.3 Å². The molecule has 2 heterocycles. The van der Waals surface area contributed by atoms with Gasteiger partial charge in [0.25, 0.3) is 5.91 Å². The molecule has 1 amide bonds. The summed E-state index contributed by atoms with van der Waals surface area (Å²) in [5.41, 5.74) is -3.74. The molecule has 0 aliphatic carbocycles. The number of alkyl halides is 6. The number of hydrogen-bond acceptors (Lipinski definition) is 4. The minimum Gasteiger partial charge on any atom is -0.378 e. The van der Waals surface area contributed by atoms with Crippen molar-refractivity contribution in [1.82, 2.24) is 4.98 Å². The van der Waals surface area contributed by atoms with Crippen molar-refractivity contribution in [3.8, 4) is 0 Å². The summed E-state index contributed by atoms with van der Waals surface area (Å²) in [4.78, 5) is 18.4. The van der Waals surface area contributed by atoms with Crippen molar-refractivity contribution in [1.29, 1.82) is 0 Å². The number of morpholine rings is 1. The van der Waals surface area contributed by atoms with E-state index in [1.165, 1.54) is 12.3 Å². The van der Waals surface area contributed by atoms with Gasteiger partial charge in [-0.3, -0.25) is 4.79 Å². The van der Waals surface area contributed by atoms with Crippen molar-refractivity contribution in [2.45, 2.75) is 12.4 Å². The van der Waals surface area contributed by atoms with Gasteiger partial charge < -0.3 is 15.0 Å². The molecule has 0 saturated carbocycles. The number of anilines is 2. The fraction of sp³-hybridized carbons (Fsp3) is 0.333. The molecule has 5 nitrogen and oxygen atoms in total. The van der Waals surface area contributed by atoms with E-state index in [9.17, 15) is 31.1 Å². The van der Waals surface area contributed by atoms with Crippen LogP contribution in [0.15, 0.2) is 36.5 Å². The summed E-state index contributed by atoms with van der Waals surface area (Å²) < 4.78 is 82.8. The standard InChI is InChI=1S/C18H15F6N3O2/c19-17(20,21)12-7-11(8-13(9-12)18(22,23)24)16(28)26-14-1-2-15(25-10-14)27-3-5-29-6-4-27/h1-2,7-10H,3-6H2,(H,26,28). The van der Waals surface area contributed by atoms with Crippen LogP contribution in [0.4, 0.5) is 37.8 Å². The quantitative estimate of drug-likeness (QED) is 0.758. The van der Waals surface area contributed by atoms with Crippen LogP contribution in [-0.4, -0.2) is 37.2 Å². The molecule has 1 saturated heterocycles. The monoisotopic (exact) mass is 419 g/mol. The molecule has 0 radical (unpaired) electrons. The Bertz CT molecular complexity index is 842. The van der Waals surface area contributed by atoms with Crippen molar-refractivity contribution in [3.63, 3.8) is 0 Å². The summed E-state index contributed by atoms with van der Waals surface area (Å²) in [5.74, 6) is -0.493. The van der Waals surface area contributed by atoms with E-state index in [2.05, 4.69) is 10.3 Å². The van der Waals surface area contributed by atoms with Gasteiger partial charge in [-0.1, -0.05) is 0 Å². The van der Waals surface area contributed by atoms with E-state index in [4.69, 9.17) is 4.74 Å². The van der Waals surface area contributed by atoms with Gasteiger partial charge in [0.2, 0.25) is 0 Å². The molecule has 156 valence electrons. The van der Waals surface area contributed by atoms with Gasteiger partial charge in [0.05, 0.1) is 36.2 Å². The third kappa shape index (κ3) is 5.17. The summed E-state index contributed by atoms with van der Waals surface area (Å²) in [6.45, 7) is 2.33. The molecule has 1 aromatic carbocycles. The number of benzene rings is 1. The number of halogens is 6. The number of ether oxygens (including phenoxy) is 1. The molecule has 2 aromatic rings. The van der Waals surface area contributed by atoms with Crippen molar-refractivity contribution < 1.29 is 35.9 Å². The molecule has 29 heavy (non-hydrogen) atoms. The molecular formula is C18H15F6N3O2. The second kappa shape index (κ2) is 7.90. The fourth-order valence-corrected chi connectivity index (χ4v) is 2.73. The largest absolute Gasteiger partial charge is 0.416 e. The zero-order chi connectivity index (χ0) is 21.2. The Labute approximate surface area is 161 Å². The summed E-state index contributed by atoms with van der Waals surface area (Å²) in [6, 6.07) is 3.78. The number of nitrogens with one attached hydrogen (secondary N) is 1. The lowest BCUT2D eigenvalue weighted by atomic mass is 10.0. The summed E-state index contributed by atoms with van der Waals surface area (Å²) in [7, 11) is 0. The minimum absolute atomic E-state index is 0.0323. The highest BCUT2D eigenvalue weighted by Crippen LogP contribution is 2.36. The van der Waals surface area contributed by atoms with Crippen molar-refractivity contribution in [2.24, 2.45) is 0 Å². The summed E-state index contributed by atoms with van der Waals surface area (Å²) >= 11 is 0. The van der Waals surface area contributed by atoms with Gasteiger partial charge >= 0.3 is 12.4 Å². The number of amides is 1. The van der Waals surface area contributed by atoms with Crippen LogP contribution in [0.1, 0.15) is 21.5 Å². The third-order valence-corrected chi connectivity index (χ3v) is 4.19. The van der Waals surface area contributed by atoms with Gasteiger partial charge in [0, 0.05) is 18.7 Å². The molecule has 0 spiro atoms. The highest BCUT2D eigenvalue weighted by Gasteiger charge is 2.37. The van der Waals surface area contributed by atoms with Crippen molar-refractivity contribution in [3.05, 3.63) is 53.2 Å². The number of carbonyl (C=O) groups excluding carboxylic acids is 1. The van der Waals surface area contributed by atoms with Gasteiger partial charge in [-0.25, -0.2) is 4.98 Å². The van der Waals surface area contributed by atoms with Crippen molar-refractivity contribution in [2.75, 3.05) is 36.5 Å². The molecule has 1 N–H and O–H groups in total. The first-order valence-corrected chi connectivity index (χ1v) is 8.43. The van der Waals surface area contributed by atoms with Gasteiger partial charge in [-0.15, -0.1) is 0 Å². The fourth-order valence-electron chi connectivity index (χ4n) is 2.73. The molecule has 1 aliphatic rings. The average molecular weight is 419 g/mol. The molecule has 11 heteroatoms. The molecule has 1 aromatic heterocycles. The highest BCUT2D eigenvalue weighted by molar-refractivity contribution is 6.04. The number of nitrogens with zero attached hydrogens (tertiary/aromatic N) is 2. The lowest BCUT2D eigenvalue weighted by Gasteiger charge is -2.27. The Kier molecular flexibility index (Phi) is 5.69. The minimum atomic E-state index is -5.03. The molecule has 3 rings (SSSR count). The molecule has 0 unspecified atom stereocenters. The number of pyridine rings is 1. The summed E-state index contributed by atoms with van der Waals surface area (Å²) in [5, 5.41) is 2.27. The zero-order valence-electron chi connectivity index (χ0n) is 14.8. The van der Waals surface area contributed by atoms with Crippen LogP contribution in [0.2, 0.25) is 0 Å². The maximum absolute atomic E-state index is 12.9. The van der Waals surface area contributed by atoms with Gasteiger partial charge in [0.1, 0.15) is 5.82 Å². The predicted molar refractivity (Wildman–Crippen MR) is 91.7 cm³/mol. The van der Waals surface area contributed by atoms with E-state index in [0.717, 1.165) is 0 Å². The Morgan fingerprint density at radius 3 is 2.03 bits per heavy atom. The lowest BCUT2D eigenvalue weighted by molar-refractivity contribution is -0.143. The van der Waals surface area contributed by atoms with Crippen LogP contribution in [0.3, 0.4) is 0 Å². The Balaban J connectivity index is 1.81. The highest BCUT2D eigenvalue weighted by atomic mass is 19.4. The number of rotatable bonds is 3. The molecule has 1 aliphatic heterocycles. The summed E-state index contributed by atoms with van der Waals surface area (Å²) in [6.07, 6.45) is -8.78. The van der Waals surface area contributed by atoms with E-state index < -0.39 is 35.0 Å². The zero-order valence-corrected chi connectivity index (χ0v) is 14.8.